The molecular weight excluding hydrogens is 351 g/mol. The number of benzene rings is 1. The summed E-state index contributed by atoms with van der Waals surface area (Å²) in [7, 11) is -3.67. The Balaban J connectivity index is 3.17. The molecule has 0 saturated carbocycles. The van der Waals surface area contributed by atoms with E-state index in [2.05, 4.69) is 15.9 Å². The Morgan fingerprint density at radius 3 is 2.59 bits per heavy atom. The second-order valence-electron chi connectivity index (χ2n) is 3.42. The quantitative estimate of drug-likeness (QED) is 0.838. The summed E-state index contributed by atoms with van der Waals surface area (Å²) in [5, 5.41) is 10.4. The van der Waals surface area contributed by atoms with Crippen LogP contribution in [0.4, 0.5) is 0 Å². The molecule has 0 spiro atoms. The van der Waals surface area contributed by atoms with Crippen LogP contribution >= 0.6 is 39.1 Å². The Morgan fingerprint density at radius 1 is 1.53 bits per heavy atom. The van der Waals surface area contributed by atoms with Crippen LogP contribution in [0.25, 0.3) is 0 Å². The number of halogens is 3. The molecule has 1 rings (SSSR count). The van der Waals surface area contributed by atoms with Crippen LogP contribution in [0.2, 0.25) is 5.02 Å². The third-order valence-electron chi connectivity index (χ3n) is 2.28. The van der Waals surface area contributed by atoms with Crippen molar-refractivity contribution in [2.45, 2.75) is 16.1 Å². The average Bonchev–Trinajstić information content (AvgIpc) is 2.27. The molecule has 7 heteroatoms. The zero-order valence-corrected chi connectivity index (χ0v) is 12.8. The summed E-state index contributed by atoms with van der Waals surface area (Å²) >= 11 is 14.5. The maximum Gasteiger partial charge on any atom is 0.229 e. The summed E-state index contributed by atoms with van der Waals surface area (Å²) in [6.07, 6.45) is -1.41. The predicted octanol–water partition coefficient (Wildman–Crippen LogP) is 3.10. The first kappa shape index (κ1) is 15.2. The molecule has 0 heterocycles. The fourth-order valence-corrected chi connectivity index (χ4v) is 3.70. The van der Waals surface area contributed by atoms with Crippen molar-refractivity contribution in [1.82, 2.24) is 0 Å². The highest BCUT2D eigenvalue weighted by Crippen LogP contribution is 2.43. The van der Waals surface area contributed by atoms with Crippen LogP contribution in [0.3, 0.4) is 0 Å². The van der Waals surface area contributed by atoms with Crippen molar-refractivity contribution < 1.29 is 13.5 Å². The van der Waals surface area contributed by atoms with Crippen LogP contribution < -0.4 is 0 Å². The summed E-state index contributed by atoms with van der Waals surface area (Å²) < 4.78 is 21.6. The lowest BCUT2D eigenvalue weighted by atomic mass is 10.1. The maximum absolute atomic E-state index is 11.7. The highest BCUT2D eigenvalue weighted by Gasteiger charge is 2.45. The molecule has 1 aromatic carbocycles. The molecule has 96 valence electrons. The number of aliphatic hydroxyl groups excluding tert-OH is 1. The minimum Gasteiger partial charge on any atom is -0.385 e. The number of alkyl halides is 2. The Hall–Kier alpha value is 0.190. The predicted molar refractivity (Wildman–Crippen MR) is 73.4 cm³/mol. The van der Waals surface area contributed by atoms with Crippen molar-refractivity contribution in [1.29, 1.82) is 0 Å². The van der Waals surface area contributed by atoms with E-state index < -0.39 is 19.1 Å². The lowest BCUT2D eigenvalue weighted by Crippen LogP contribution is -2.34. The highest BCUT2D eigenvalue weighted by atomic mass is 79.9. The summed E-state index contributed by atoms with van der Waals surface area (Å²) in [4.78, 5) is 0. The Kier molecular flexibility index (Phi) is 4.88. The van der Waals surface area contributed by atoms with Crippen LogP contribution in [0.15, 0.2) is 24.3 Å². The normalized spacial score (nSPS) is 17.5. The van der Waals surface area contributed by atoms with Crippen molar-refractivity contribution in [2.75, 3.05) is 5.75 Å². The summed E-state index contributed by atoms with van der Waals surface area (Å²) in [5.41, 5.74) is 0.335. The molecule has 17 heavy (non-hydrogen) atoms. The first-order chi connectivity index (χ1) is 7.72. The maximum atomic E-state index is 11.7. The zero-order chi connectivity index (χ0) is 13.3. The summed E-state index contributed by atoms with van der Waals surface area (Å²) in [6.45, 7) is 1.46. The molecule has 0 fully saturated rings. The van der Waals surface area contributed by atoms with E-state index in [0.717, 1.165) is 0 Å². The molecule has 0 saturated heterocycles. The molecule has 0 amide bonds. The van der Waals surface area contributed by atoms with E-state index in [0.29, 0.717) is 10.6 Å². The van der Waals surface area contributed by atoms with Crippen molar-refractivity contribution in [2.24, 2.45) is 0 Å². The van der Waals surface area contributed by atoms with Gasteiger partial charge in [-0.25, -0.2) is 8.42 Å². The lowest BCUT2D eigenvalue weighted by molar-refractivity contribution is 0.185. The molecule has 1 aromatic rings. The highest BCUT2D eigenvalue weighted by molar-refractivity contribution is 9.12. The fourth-order valence-electron chi connectivity index (χ4n) is 1.23. The molecule has 0 aliphatic carbocycles. The topological polar surface area (TPSA) is 54.4 Å². The number of hydrogen-bond acceptors (Lipinski definition) is 3. The minimum absolute atomic E-state index is 0.181. The van der Waals surface area contributed by atoms with Gasteiger partial charge in [-0.15, -0.1) is 0 Å². The van der Waals surface area contributed by atoms with Gasteiger partial charge in [0.05, 0.1) is 5.75 Å². The van der Waals surface area contributed by atoms with Crippen molar-refractivity contribution in [3.63, 3.8) is 0 Å². The van der Waals surface area contributed by atoms with Gasteiger partial charge in [0.1, 0.15) is 6.10 Å². The van der Waals surface area contributed by atoms with Gasteiger partial charge in [0.15, 0.2) is 9.84 Å². The van der Waals surface area contributed by atoms with E-state index in [1.807, 2.05) is 0 Å². The van der Waals surface area contributed by atoms with Gasteiger partial charge in [0, 0.05) is 5.02 Å². The van der Waals surface area contributed by atoms with Gasteiger partial charge < -0.3 is 5.11 Å². The third kappa shape index (κ3) is 3.15. The molecule has 0 radical (unpaired) electrons. The standard InChI is InChI=1S/C10H11BrCl2O3S/c1-2-17(15,16)10(11,13)9(14)7-4-3-5-8(12)6-7/h3-6,9,14H,2H2,1H3/t9-,10-/m1/s1. The van der Waals surface area contributed by atoms with E-state index >= 15 is 0 Å². The molecule has 0 aromatic heterocycles. The van der Waals surface area contributed by atoms with Crippen LogP contribution in [0.1, 0.15) is 18.6 Å². The lowest BCUT2D eigenvalue weighted by Gasteiger charge is -2.25. The number of hydrogen-bond donors (Lipinski definition) is 1. The number of sulfone groups is 1. The molecule has 0 aliphatic heterocycles. The second kappa shape index (κ2) is 5.45. The molecule has 0 aliphatic rings. The fraction of sp³-hybridized carbons (Fsp3) is 0.400. The van der Waals surface area contributed by atoms with E-state index in [1.165, 1.54) is 13.0 Å². The monoisotopic (exact) mass is 360 g/mol. The van der Waals surface area contributed by atoms with Gasteiger partial charge in [0.2, 0.25) is 3.12 Å². The summed E-state index contributed by atoms with van der Waals surface area (Å²) in [6, 6.07) is 6.26. The molecule has 0 unspecified atom stereocenters. The van der Waals surface area contributed by atoms with E-state index in [9.17, 15) is 13.5 Å². The smallest absolute Gasteiger partial charge is 0.229 e. The number of rotatable bonds is 4. The van der Waals surface area contributed by atoms with Crippen molar-refractivity contribution in [3.05, 3.63) is 34.9 Å². The van der Waals surface area contributed by atoms with E-state index in [4.69, 9.17) is 23.2 Å². The molecule has 0 bridgehead atoms. The first-order valence-corrected chi connectivity index (χ1v) is 7.96. The molecule has 2 atom stereocenters. The summed E-state index contributed by atoms with van der Waals surface area (Å²) in [5.74, 6) is -0.181. The van der Waals surface area contributed by atoms with Crippen LogP contribution in [-0.2, 0) is 9.84 Å². The van der Waals surface area contributed by atoms with Gasteiger partial charge in [-0.2, -0.15) is 0 Å². The van der Waals surface area contributed by atoms with E-state index in [1.54, 1.807) is 18.2 Å². The SMILES string of the molecule is CCS(=O)(=O)[C@@](Cl)(Br)[C@H](O)c1cccc(Cl)c1. The number of aliphatic hydroxyl groups is 1. The van der Waals surface area contributed by atoms with Crippen LogP contribution in [0.5, 0.6) is 0 Å². The average molecular weight is 362 g/mol. The largest absolute Gasteiger partial charge is 0.385 e. The van der Waals surface area contributed by atoms with Gasteiger partial charge in [-0.05, 0) is 33.6 Å². The second-order valence-corrected chi connectivity index (χ2v) is 9.36. The van der Waals surface area contributed by atoms with Gasteiger partial charge in [0.25, 0.3) is 0 Å². The minimum atomic E-state index is -3.67. The first-order valence-electron chi connectivity index (χ1n) is 4.76. The molecule has 3 nitrogen and oxygen atoms in total. The van der Waals surface area contributed by atoms with Gasteiger partial charge in [-0.1, -0.05) is 42.3 Å². The zero-order valence-electron chi connectivity index (χ0n) is 8.90. The van der Waals surface area contributed by atoms with Crippen LogP contribution in [0, 0.1) is 0 Å². The van der Waals surface area contributed by atoms with Gasteiger partial charge >= 0.3 is 0 Å². The third-order valence-corrected chi connectivity index (χ3v) is 7.15. The van der Waals surface area contributed by atoms with Crippen LogP contribution in [-0.4, -0.2) is 22.4 Å². The molecule has 1 N–H and O–H groups in total. The Labute approximate surface area is 119 Å². The van der Waals surface area contributed by atoms with Crippen molar-refractivity contribution >= 4 is 49.0 Å². The van der Waals surface area contributed by atoms with Gasteiger partial charge in [-0.3, -0.25) is 0 Å². The van der Waals surface area contributed by atoms with Crippen molar-refractivity contribution in [3.8, 4) is 0 Å². The Bertz CT molecular complexity index is 502. The van der Waals surface area contributed by atoms with E-state index in [-0.39, 0.29) is 5.75 Å². The molecular formula is C10H11BrCl2O3S. The Morgan fingerprint density at radius 2 is 2.12 bits per heavy atom.